The molecule has 0 aliphatic carbocycles. The number of thiocarbonyl (C=S) groups is 1. The maximum absolute atomic E-state index is 14.1. The molecule has 1 amide bonds. The SMILES string of the molecule is COC(=O)NC1CCN(c2ccc(C(N)=S)c(F)c2F)C1. The van der Waals surface area contributed by atoms with Gasteiger partial charge in [-0.25, -0.2) is 13.6 Å². The molecule has 1 saturated heterocycles. The summed E-state index contributed by atoms with van der Waals surface area (Å²) in [6.07, 6.45) is 0.0741. The van der Waals surface area contributed by atoms with Gasteiger partial charge in [0, 0.05) is 18.7 Å². The molecule has 1 aliphatic heterocycles. The fourth-order valence-electron chi connectivity index (χ4n) is 2.30. The van der Waals surface area contributed by atoms with Crippen LogP contribution in [0.5, 0.6) is 0 Å². The molecular formula is C13H15F2N3O2S. The molecule has 1 aromatic rings. The average Bonchev–Trinajstić information content (AvgIpc) is 2.89. The van der Waals surface area contributed by atoms with E-state index < -0.39 is 17.7 Å². The Labute approximate surface area is 126 Å². The van der Waals surface area contributed by atoms with Gasteiger partial charge in [-0.15, -0.1) is 0 Å². The highest BCUT2D eigenvalue weighted by Crippen LogP contribution is 2.27. The Morgan fingerprint density at radius 2 is 2.19 bits per heavy atom. The number of methoxy groups -OCH3 is 1. The Bertz CT molecular complexity index is 583. The Balaban J connectivity index is 2.15. The molecular weight excluding hydrogens is 300 g/mol. The summed E-state index contributed by atoms with van der Waals surface area (Å²) in [6, 6.07) is 2.63. The van der Waals surface area contributed by atoms with E-state index in [0.717, 1.165) is 0 Å². The molecule has 1 fully saturated rings. The number of nitrogens with one attached hydrogen (secondary N) is 1. The standard InChI is InChI=1S/C13H15F2N3O2S/c1-20-13(19)17-7-4-5-18(6-7)9-3-2-8(12(16)21)10(14)11(9)15/h2-3,7H,4-6H2,1H3,(H2,16,21)(H,17,19). The van der Waals surface area contributed by atoms with Gasteiger partial charge in [-0.05, 0) is 18.6 Å². The Morgan fingerprint density at radius 3 is 2.81 bits per heavy atom. The van der Waals surface area contributed by atoms with Gasteiger partial charge in [-0.1, -0.05) is 12.2 Å². The van der Waals surface area contributed by atoms with Crippen LogP contribution < -0.4 is 16.0 Å². The summed E-state index contributed by atoms with van der Waals surface area (Å²) in [5, 5.41) is 2.63. The van der Waals surface area contributed by atoms with Crippen molar-refractivity contribution in [3.05, 3.63) is 29.3 Å². The minimum atomic E-state index is -1.05. The Kier molecular flexibility index (Phi) is 4.56. The largest absolute Gasteiger partial charge is 0.453 e. The van der Waals surface area contributed by atoms with Crippen molar-refractivity contribution in [2.45, 2.75) is 12.5 Å². The van der Waals surface area contributed by atoms with Gasteiger partial charge in [-0.3, -0.25) is 0 Å². The van der Waals surface area contributed by atoms with E-state index in [9.17, 15) is 13.6 Å². The molecule has 0 saturated carbocycles. The normalized spacial score (nSPS) is 17.7. The number of alkyl carbamates (subject to hydrolysis) is 1. The maximum atomic E-state index is 14.1. The highest BCUT2D eigenvalue weighted by Gasteiger charge is 2.27. The molecule has 3 N–H and O–H groups in total. The molecule has 1 heterocycles. The van der Waals surface area contributed by atoms with Crippen molar-refractivity contribution in [2.75, 3.05) is 25.1 Å². The molecule has 114 valence electrons. The smallest absolute Gasteiger partial charge is 0.407 e. The predicted molar refractivity (Wildman–Crippen MR) is 78.4 cm³/mol. The van der Waals surface area contributed by atoms with Gasteiger partial charge >= 0.3 is 6.09 Å². The van der Waals surface area contributed by atoms with E-state index in [0.29, 0.717) is 19.5 Å². The first-order valence-electron chi connectivity index (χ1n) is 6.31. The molecule has 5 nitrogen and oxygen atoms in total. The van der Waals surface area contributed by atoms with Crippen molar-refractivity contribution >= 4 is 29.0 Å². The summed E-state index contributed by atoms with van der Waals surface area (Å²) >= 11 is 4.66. The van der Waals surface area contributed by atoms with Crippen LogP contribution in [-0.4, -0.2) is 37.3 Å². The van der Waals surface area contributed by atoms with Gasteiger partial charge < -0.3 is 20.7 Å². The number of benzene rings is 1. The third-order valence-corrected chi connectivity index (χ3v) is 3.58. The lowest BCUT2D eigenvalue weighted by atomic mass is 10.1. The number of nitrogens with two attached hydrogens (primary N) is 1. The molecule has 1 aromatic carbocycles. The summed E-state index contributed by atoms with van der Waals surface area (Å²) in [5.41, 5.74) is 5.34. The van der Waals surface area contributed by atoms with Gasteiger partial charge in [0.2, 0.25) is 0 Å². The van der Waals surface area contributed by atoms with Crippen LogP contribution in [0.2, 0.25) is 0 Å². The van der Waals surface area contributed by atoms with Gasteiger partial charge in [0.25, 0.3) is 0 Å². The molecule has 0 aromatic heterocycles. The minimum absolute atomic E-state index is 0.116. The highest BCUT2D eigenvalue weighted by atomic mass is 32.1. The van der Waals surface area contributed by atoms with Crippen LogP contribution in [0.15, 0.2) is 12.1 Å². The number of ether oxygens (including phenoxy) is 1. The summed E-state index contributed by atoms with van der Waals surface area (Å²) < 4.78 is 32.5. The maximum Gasteiger partial charge on any atom is 0.407 e. The van der Waals surface area contributed by atoms with Crippen LogP contribution >= 0.6 is 12.2 Å². The zero-order valence-corrected chi connectivity index (χ0v) is 12.2. The van der Waals surface area contributed by atoms with Crippen LogP contribution in [0.4, 0.5) is 19.3 Å². The molecule has 0 radical (unpaired) electrons. The first-order chi connectivity index (χ1) is 9.93. The fourth-order valence-corrected chi connectivity index (χ4v) is 2.45. The monoisotopic (exact) mass is 315 g/mol. The molecule has 1 aliphatic rings. The molecule has 0 bridgehead atoms. The molecule has 0 spiro atoms. The second-order valence-electron chi connectivity index (χ2n) is 4.69. The zero-order valence-electron chi connectivity index (χ0n) is 11.4. The first kappa shape index (κ1) is 15.4. The number of hydrogen-bond donors (Lipinski definition) is 2. The van der Waals surface area contributed by atoms with E-state index in [1.165, 1.54) is 19.2 Å². The molecule has 1 atom stereocenters. The molecule has 8 heteroatoms. The number of halogens is 2. The van der Waals surface area contributed by atoms with E-state index in [2.05, 4.69) is 22.3 Å². The van der Waals surface area contributed by atoms with Crippen LogP contribution in [0, 0.1) is 11.6 Å². The van der Waals surface area contributed by atoms with Crippen LogP contribution in [-0.2, 0) is 4.74 Å². The number of rotatable bonds is 3. The summed E-state index contributed by atoms with van der Waals surface area (Å²) in [7, 11) is 1.27. The lowest BCUT2D eigenvalue weighted by Gasteiger charge is -2.20. The van der Waals surface area contributed by atoms with E-state index in [1.807, 2.05) is 0 Å². The molecule has 21 heavy (non-hydrogen) atoms. The number of anilines is 1. The average molecular weight is 315 g/mol. The fraction of sp³-hybridized carbons (Fsp3) is 0.385. The van der Waals surface area contributed by atoms with Crippen LogP contribution in [0.25, 0.3) is 0 Å². The summed E-state index contributed by atoms with van der Waals surface area (Å²) in [6.45, 7) is 0.870. The van der Waals surface area contributed by atoms with Gasteiger partial charge in [0.15, 0.2) is 11.6 Å². The topological polar surface area (TPSA) is 67.6 Å². The highest BCUT2D eigenvalue weighted by molar-refractivity contribution is 7.80. The second-order valence-corrected chi connectivity index (χ2v) is 5.13. The summed E-state index contributed by atoms with van der Waals surface area (Å²) in [5.74, 6) is -2.04. The van der Waals surface area contributed by atoms with E-state index in [1.54, 1.807) is 4.90 Å². The van der Waals surface area contributed by atoms with Crippen LogP contribution in [0.1, 0.15) is 12.0 Å². The van der Waals surface area contributed by atoms with E-state index in [-0.39, 0.29) is 22.3 Å². The molecule has 2 rings (SSSR count). The predicted octanol–water partition coefficient (Wildman–Crippen LogP) is 1.53. The Morgan fingerprint density at radius 1 is 1.48 bits per heavy atom. The van der Waals surface area contributed by atoms with Crippen molar-refractivity contribution in [3.8, 4) is 0 Å². The van der Waals surface area contributed by atoms with Crippen molar-refractivity contribution < 1.29 is 18.3 Å². The third-order valence-electron chi connectivity index (χ3n) is 3.36. The Hall–Kier alpha value is -1.96. The zero-order chi connectivity index (χ0) is 15.6. The summed E-state index contributed by atoms with van der Waals surface area (Å²) in [4.78, 5) is 12.6. The van der Waals surface area contributed by atoms with Gasteiger partial charge in [0.1, 0.15) is 4.99 Å². The van der Waals surface area contributed by atoms with E-state index in [4.69, 9.17) is 5.73 Å². The lowest BCUT2D eigenvalue weighted by Crippen LogP contribution is -2.37. The van der Waals surface area contributed by atoms with Crippen molar-refractivity contribution in [1.29, 1.82) is 0 Å². The van der Waals surface area contributed by atoms with Crippen molar-refractivity contribution in [2.24, 2.45) is 5.73 Å². The number of hydrogen-bond acceptors (Lipinski definition) is 4. The number of amides is 1. The van der Waals surface area contributed by atoms with Gasteiger partial charge in [-0.2, -0.15) is 0 Å². The van der Waals surface area contributed by atoms with Crippen molar-refractivity contribution in [3.63, 3.8) is 0 Å². The van der Waals surface area contributed by atoms with E-state index >= 15 is 0 Å². The number of carbonyl (C=O) groups excluding carboxylic acids is 1. The lowest BCUT2D eigenvalue weighted by molar-refractivity contribution is 0.167. The quantitative estimate of drug-likeness (QED) is 0.828. The first-order valence-corrected chi connectivity index (χ1v) is 6.72. The van der Waals surface area contributed by atoms with Gasteiger partial charge in [0.05, 0.1) is 18.8 Å². The third kappa shape index (κ3) is 3.21. The van der Waals surface area contributed by atoms with Crippen molar-refractivity contribution in [1.82, 2.24) is 5.32 Å². The number of nitrogens with zero attached hydrogens (tertiary/aromatic N) is 1. The van der Waals surface area contributed by atoms with Crippen LogP contribution in [0.3, 0.4) is 0 Å². The number of carbonyl (C=O) groups is 1. The minimum Gasteiger partial charge on any atom is -0.453 e. The second kappa shape index (κ2) is 6.21. The molecule has 1 unspecified atom stereocenters.